The molecular formula is C33H33N3O6. The SMILES string of the molecule is CCc1cccc2c1NC(=O)[C@@]21N2CCC[C@@H]2[C@@H](C(=O)c2cc(OC)c(OC)c(OC)c2)[C@]12C(=O)Nc1ccccc12. The summed E-state index contributed by atoms with van der Waals surface area (Å²) in [5.41, 5.74) is 1.18. The van der Waals surface area contributed by atoms with Crippen molar-refractivity contribution >= 4 is 29.0 Å². The van der Waals surface area contributed by atoms with Gasteiger partial charge in [0.1, 0.15) is 11.0 Å². The Balaban J connectivity index is 1.55. The monoisotopic (exact) mass is 567 g/mol. The number of anilines is 2. The highest BCUT2D eigenvalue weighted by atomic mass is 16.5. The summed E-state index contributed by atoms with van der Waals surface area (Å²) < 4.78 is 16.7. The maximum absolute atomic E-state index is 15.0. The number of rotatable bonds is 6. The first-order chi connectivity index (χ1) is 20.4. The van der Waals surface area contributed by atoms with Crippen LogP contribution in [0.25, 0.3) is 0 Å². The fourth-order valence-corrected chi connectivity index (χ4v) is 8.36. The number of ether oxygens (including phenoxy) is 3. The smallest absolute Gasteiger partial charge is 0.251 e. The molecule has 7 rings (SSSR count). The van der Waals surface area contributed by atoms with Gasteiger partial charge in [-0.1, -0.05) is 43.3 Å². The molecule has 42 heavy (non-hydrogen) atoms. The van der Waals surface area contributed by atoms with Crippen LogP contribution in [0.4, 0.5) is 11.4 Å². The number of ketones is 1. The second kappa shape index (κ2) is 9.32. The lowest BCUT2D eigenvalue weighted by atomic mass is 9.57. The molecule has 0 unspecified atom stereocenters. The summed E-state index contributed by atoms with van der Waals surface area (Å²) in [7, 11) is 4.51. The maximum atomic E-state index is 15.0. The molecule has 9 heteroatoms. The Morgan fingerprint density at radius 2 is 1.64 bits per heavy atom. The number of benzene rings is 3. The Hall–Kier alpha value is -4.37. The number of hydrogen-bond donors (Lipinski definition) is 2. The minimum atomic E-state index is -1.52. The standard InChI is InChI=1S/C33H33N3O6/c1-5-18-10-8-12-21-27(18)35-31(39)33(21)32(20-11-6-7-13-22(20)34-30(32)38)26(23-14-9-15-36(23)33)28(37)19-16-24(40-2)29(42-4)25(17-19)41-3/h6-8,10-13,16-17,23,26H,5,9,14-15H2,1-4H3,(H,34,38)(H,35,39)/t23-,26+,32-,33+/m1/s1. The van der Waals surface area contributed by atoms with Crippen molar-refractivity contribution in [3.05, 3.63) is 76.9 Å². The van der Waals surface area contributed by atoms with Crippen molar-refractivity contribution in [2.75, 3.05) is 38.5 Å². The number of amides is 2. The van der Waals surface area contributed by atoms with Gasteiger partial charge < -0.3 is 24.8 Å². The Labute approximate surface area is 244 Å². The van der Waals surface area contributed by atoms with Gasteiger partial charge in [-0.2, -0.15) is 0 Å². The molecule has 4 aliphatic heterocycles. The number of Topliss-reactive ketones (excluding diaryl/α,β-unsaturated/α-hetero) is 1. The van der Waals surface area contributed by atoms with Gasteiger partial charge in [-0.15, -0.1) is 0 Å². The van der Waals surface area contributed by atoms with E-state index in [0.29, 0.717) is 53.4 Å². The van der Waals surface area contributed by atoms with Crippen LogP contribution in [0.3, 0.4) is 0 Å². The molecule has 2 saturated heterocycles. The minimum absolute atomic E-state index is 0.247. The summed E-state index contributed by atoms with van der Waals surface area (Å²) in [5, 5.41) is 6.27. The predicted molar refractivity (Wildman–Crippen MR) is 157 cm³/mol. The van der Waals surface area contributed by atoms with Gasteiger partial charge in [0.05, 0.1) is 27.2 Å². The molecule has 9 nitrogen and oxygen atoms in total. The molecular weight excluding hydrogens is 534 g/mol. The van der Waals surface area contributed by atoms with E-state index in [4.69, 9.17) is 14.2 Å². The topological polar surface area (TPSA) is 106 Å². The molecule has 2 N–H and O–H groups in total. The quantitative estimate of drug-likeness (QED) is 0.428. The normalized spacial score (nSPS) is 27.0. The van der Waals surface area contributed by atoms with Gasteiger partial charge >= 0.3 is 0 Å². The average molecular weight is 568 g/mol. The molecule has 0 radical (unpaired) electrons. The van der Waals surface area contributed by atoms with Gasteiger partial charge in [-0.05, 0) is 55.1 Å². The largest absolute Gasteiger partial charge is 0.493 e. The molecule has 2 spiro atoms. The third-order valence-electron chi connectivity index (χ3n) is 9.83. The number of para-hydroxylation sites is 2. The van der Waals surface area contributed by atoms with Crippen LogP contribution in [0.2, 0.25) is 0 Å². The van der Waals surface area contributed by atoms with E-state index in [1.165, 1.54) is 21.3 Å². The van der Waals surface area contributed by atoms with Gasteiger partial charge in [-0.25, -0.2) is 0 Å². The highest BCUT2D eigenvalue weighted by molar-refractivity contribution is 6.21. The van der Waals surface area contributed by atoms with Crippen LogP contribution in [-0.4, -0.2) is 56.4 Å². The molecule has 4 aliphatic rings. The molecule has 0 saturated carbocycles. The number of methoxy groups -OCH3 is 3. The van der Waals surface area contributed by atoms with E-state index in [1.54, 1.807) is 12.1 Å². The van der Waals surface area contributed by atoms with Gasteiger partial charge in [0.2, 0.25) is 11.7 Å². The van der Waals surface area contributed by atoms with E-state index < -0.39 is 16.9 Å². The van der Waals surface area contributed by atoms with E-state index in [1.807, 2.05) is 49.4 Å². The number of carbonyl (C=O) groups excluding carboxylic acids is 3. The zero-order chi connectivity index (χ0) is 29.4. The molecule has 216 valence electrons. The number of carbonyl (C=O) groups is 3. The van der Waals surface area contributed by atoms with Crippen molar-refractivity contribution < 1.29 is 28.6 Å². The van der Waals surface area contributed by atoms with Crippen molar-refractivity contribution in [2.24, 2.45) is 5.92 Å². The summed E-state index contributed by atoms with van der Waals surface area (Å²) in [6, 6.07) is 16.3. The zero-order valence-electron chi connectivity index (χ0n) is 24.1. The van der Waals surface area contributed by atoms with Crippen LogP contribution in [0.15, 0.2) is 54.6 Å². The second-order valence-corrected chi connectivity index (χ2v) is 11.3. The number of fused-ring (bicyclic) bond motifs is 7. The third kappa shape index (κ3) is 2.99. The summed E-state index contributed by atoms with van der Waals surface area (Å²) in [6.07, 6.45) is 2.20. The second-order valence-electron chi connectivity index (χ2n) is 11.3. The zero-order valence-corrected chi connectivity index (χ0v) is 24.1. The first-order valence-electron chi connectivity index (χ1n) is 14.4. The van der Waals surface area contributed by atoms with E-state index in [0.717, 1.165) is 23.2 Å². The molecule has 2 fully saturated rings. The van der Waals surface area contributed by atoms with E-state index >= 15 is 4.79 Å². The summed E-state index contributed by atoms with van der Waals surface area (Å²) in [5.74, 6) is -0.657. The van der Waals surface area contributed by atoms with Crippen molar-refractivity contribution in [3.63, 3.8) is 0 Å². The van der Waals surface area contributed by atoms with Crippen LogP contribution < -0.4 is 24.8 Å². The Bertz CT molecular complexity index is 1640. The molecule has 2 amide bonds. The van der Waals surface area contributed by atoms with E-state index in [-0.39, 0.29) is 23.6 Å². The summed E-state index contributed by atoms with van der Waals surface area (Å²) >= 11 is 0. The predicted octanol–water partition coefficient (Wildman–Crippen LogP) is 4.29. The number of aryl methyl sites for hydroxylation is 1. The minimum Gasteiger partial charge on any atom is -0.493 e. The number of nitrogens with one attached hydrogen (secondary N) is 2. The highest BCUT2D eigenvalue weighted by Crippen LogP contribution is 2.68. The summed E-state index contributed by atoms with van der Waals surface area (Å²) in [4.78, 5) is 46.6. The highest BCUT2D eigenvalue weighted by Gasteiger charge is 2.81. The van der Waals surface area contributed by atoms with Crippen LogP contribution in [0, 0.1) is 5.92 Å². The maximum Gasteiger partial charge on any atom is 0.251 e. The van der Waals surface area contributed by atoms with Crippen LogP contribution in [0.1, 0.15) is 46.8 Å². The Morgan fingerprint density at radius 3 is 2.33 bits per heavy atom. The lowest BCUT2D eigenvalue weighted by Crippen LogP contribution is -2.62. The number of nitrogens with zero attached hydrogens (tertiary/aromatic N) is 1. The number of hydrogen-bond acceptors (Lipinski definition) is 7. The fourth-order valence-electron chi connectivity index (χ4n) is 8.36. The van der Waals surface area contributed by atoms with Gasteiger partial charge in [0.15, 0.2) is 17.3 Å². The van der Waals surface area contributed by atoms with Crippen molar-refractivity contribution in [3.8, 4) is 17.2 Å². The summed E-state index contributed by atoms with van der Waals surface area (Å²) in [6.45, 7) is 2.63. The Kier molecular flexibility index (Phi) is 5.89. The van der Waals surface area contributed by atoms with Crippen LogP contribution >= 0.6 is 0 Å². The van der Waals surface area contributed by atoms with Crippen molar-refractivity contribution in [2.45, 2.75) is 43.2 Å². The van der Waals surface area contributed by atoms with Gasteiger partial charge in [0.25, 0.3) is 5.91 Å². The van der Waals surface area contributed by atoms with E-state index in [2.05, 4.69) is 15.5 Å². The first-order valence-corrected chi connectivity index (χ1v) is 14.4. The first kappa shape index (κ1) is 26.5. The molecule has 4 atom stereocenters. The third-order valence-corrected chi connectivity index (χ3v) is 9.83. The lowest BCUT2D eigenvalue weighted by Gasteiger charge is -2.43. The van der Waals surface area contributed by atoms with E-state index in [9.17, 15) is 9.59 Å². The molecule has 0 aliphatic carbocycles. The van der Waals surface area contributed by atoms with Crippen molar-refractivity contribution in [1.29, 1.82) is 0 Å². The van der Waals surface area contributed by atoms with Gasteiger partial charge in [-0.3, -0.25) is 19.3 Å². The fraction of sp³-hybridized carbons (Fsp3) is 0.364. The van der Waals surface area contributed by atoms with Gasteiger partial charge in [0, 0.05) is 28.5 Å². The average Bonchev–Trinajstić information content (AvgIpc) is 3.74. The molecule has 4 heterocycles. The molecule has 3 aromatic rings. The lowest BCUT2D eigenvalue weighted by molar-refractivity contribution is -0.137. The van der Waals surface area contributed by atoms with Crippen molar-refractivity contribution in [1.82, 2.24) is 4.90 Å². The Morgan fingerprint density at radius 1 is 0.929 bits per heavy atom. The molecule has 0 aromatic heterocycles. The molecule has 0 bridgehead atoms. The molecule has 3 aromatic carbocycles. The van der Waals surface area contributed by atoms with Crippen LogP contribution in [-0.2, 0) is 27.0 Å². The van der Waals surface area contributed by atoms with Crippen LogP contribution in [0.5, 0.6) is 17.2 Å².